The third kappa shape index (κ3) is 7.80. The third-order valence-corrected chi connectivity index (χ3v) is 2.61. The Morgan fingerprint density at radius 1 is 1.54 bits per heavy atom. The van der Waals surface area contributed by atoms with Gasteiger partial charge in [0.2, 0.25) is 17.7 Å². The van der Waals surface area contributed by atoms with E-state index >= 15 is 0 Å². The van der Waals surface area contributed by atoms with E-state index in [0.717, 1.165) is 0 Å². The van der Waals surface area contributed by atoms with Crippen molar-refractivity contribution in [3.05, 3.63) is 0 Å². The number of hydrogen-bond acceptors (Lipinski definition) is 5. The second-order valence-electron chi connectivity index (χ2n) is 1.68. The molecule has 0 aliphatic rings. The van der Waals surface area contributed by atoms with Gasteiger partial charge in [-0.3, -0.25) is 13.5 Å². The molecular weight excluding hydrogens is 224 g/mol. The highest BCUT2D eigenvalue weighted by molar-refractivity contribution is 7.97. The van der Waals surface area contributed by atoms with Crippen LogP contribution < -0.4 is 9.44 Å². The van der Waals surface area contributed by atoms with Crippen molar-refractivity contribution in [2.45, 2.75) is 0 Å². The van der Waals surface area contributed by atoms with Gasteiger partial charge in [-0.25, -0.2) is 4.21 Å². The Hall–Kier alpha value is -0.550. The molecule has 0 aromatic heterocycles. The smallest absolute Gasteiger partial charge is 0.349 e. The number of rotatable bonds is 7. The third-order valence-electron chi connectivity index (χ3n) is 0.742. The normalized spacial score (nSPS) is 13.6. The lowest BCUT2D eigenvalue weighted by atomic mass is 10.7. The molecule has 8 nitrogen and oxygen atoms in total. The summed E-state index contributed by atoms with van der Waals surface area (Å²) in [4.78, 5) is 9.69. The quantitative estimate of drug-likeness (QED) is 0.258. The molecule has 0 aromatic carbocycles. The van der Waals surface area contributed by atoms with Gasteiger partial charge in [0.15, 0.2) is 0 Å². The van der Waals surface area contributed by atoms with E-state index < -0.39 is 21.6 Å². The van der Waals surface area contributed by atoms with E-state index in [4.69, 9.17) is 4.55 Å². The minimum absolute atomic E-state index is 0.0114. The zero-order valence-electron chi connectivity index (χ0n) is 6.30. The van der Waals surface area contributed by atoms with Crippen LogP contribution in [0.4, 0.5) is 0 Å². The summed E-state index contributed by atoms with van der Waals surface area (Å²) in [6.45, 7) is -0.326. The number of carbonyl (C=O) groups is 1. The molecule has 0 rings (SSSR count). The summed E-state index contributed by atoms with van der Waals surface area (Å²) in [6, 6.07) is 0. The first-order valence-corrected chi connectivity index (χ1v) is 5.44. The van der Waals surface area contributed by atoms with Gasteiger partial charge < -0.3 is 5.32 Å². The highest BCUT2D eigenvalue weighted by atomic mass is 32.3. The van der Waals surface area contributed by atoms with Gasteiger partial charge in [0.25, 0.3) is 0 Å². The highest BCUT2D eigenvalue weighted by Gasteiger charge is 2.12. The van der Waals surface area contributed by atoms with Gasteiger partial charge in [0, 0.05) is 6.54 Å². The molecule has 0 spiro atoms. The van der Waals surface area contributed by atoms with E-state index in [-0.39, 0.29) is 13.2 Å². The molecule has 3 N–H and O–H groups in total. The predicted molar refractivity (Wildman–Crippen MR) is 42.8 cm³/mol. The Kier molecular flexibility index (Phi) is 5.73. The van der Waals surface area contributed by atoms with Gasteiger partial charge in [0.05, 0.1) is 6.61 Å². The van der Waals surface area contributed by atoms with Crippen LogP contribution in [0, 0.1) is 0 Å². The number of nitrogens with one attached hydrogen (secondary N) is 2. The predicted octanol–water partition coefficient (Wildman–Crippen LogP) is -2.28. The van der Waals surface area contributed by atoms with Crippen LogP contribution in [-0.2, 0) is 30.5 Å². The van der Waals surface area contributed by atoms with Crippen LogP contribution in [0.3, 0.4) is 0 Å². The van der Waals surface area contributed by atoms with Crippen molar-refractivity contribution < 1.29 is 26.2 Å². The van der Waals surface area contributed by atoms with Gasteiger partial charge in [-0.15, -0.1) is 0 Å². The number of hydrogen-bond donors (Lipinski definition) is 3. The maximum absolute atomic E-state index is 10.6. The molecule has 0 aliphatic carbocycles. The van der Waals surface area contributed by atoms with Gasteiger partial charge in [-0.2, -0.15) is 8.42 Å². The summed E-state index contributed by atoms with van der Waals surface area (Å²) in [7, 11) is -4.22. The Morgan fingerprint density at radius 3 is 2.62 bits per heavy atom. The lowest BCUT2D eigenvalue weighted by molar-refractivity contribution is -0.109. The average molecular weight is 232 g/mol. The van der Waals surface area contributed by atoms with Gasteiger partial charge in [-0.05, 0) is 0 Å². The van der Waals surface area contributed by atoms with Crippen molar-refractivity contribution in [1.82, 2.24) is 9.44 Å². The van der Waals surface area contributed by atoms with Gasteiger partial charge in [0.1, 0.15) is 0 Å². The summed E-state index contributed by atoms with van der Waals surface area (Å²) in [6.07, 6.45) is 0.369. The van der Waals surface area contributed by atoms with E-state index in [2.05, 4.69) is 9.50 Å². The van der Waals surface area contributed by atoms with Crippen molar-refractivity contribution in [2.75, 3.05) is 13.2 Å². The fourth-order valence-electron chi connectivity index (χ4n) is 0.381. The Balaban J connectivity index is 3.76. The van der Waals surface area contributed by atoms with Gasteiger partial charge in [-0.1, -0.05) is 4.13 Å². The number of carbonyl (C=O) groups excluding carboxylic acids is 1. The first-order valence-electron chi connectivity index (χ1n) is 2.92. The zero-order valence-corrected chi connectivity index (χ0v) is 7.93. The molecule has 0 aromatic rings. The lowest BCUT2D eigenvalue weighted by Gasteiger charge is -2.02. The first kappa shape index (κ1) is 12.4. The summed E-state index contributed by atoms with van der Waals surface area (Å²) < 4.78 is 44.7. The minimum Gasteiger partial charge on any atom is -0.356 e. The molecule has 1 amide bonds. The first-order chi connectivity index (χ1) is 5.98. The van der Waals surface area contributed by atoms with Gasteiger partial charge >= 0.3 is 10.3 Å². The molecule has 1 atom stereocenters. The van der Waals surface area contributed by atoms with E-state index in [0.29, 0.717) is 6.41 Å². The SMILES string of the molecule is O=CNCCOS(=O)(=O)NS(=O)O. The molecule has 0 saturated heterocycles. The second kappa shape index (κ2) is 5.99. The molecule has 1 unspecified atom stereocenters. The Labute approximate surface area is 77.3 Å². The summed E-state index contributed by atoms with van der Waals surface area (Å²) in [5.41, 5.74) is 0. The van der Waals surface area contributed by atoms with Crippen LogP contribution in [0.15, 0.2) is 0 Å². The van der Waals surface area contributed by atoms with E-state index in [1.165, 1.54) is 4.13 Å². The lowest BCUT2D eigenvalue weighted by Crippen LogP contribution is -2.29. The highest BCUT2D eigenvalue weighted by Crippen LogP contribution is 1.86. The van der Waals surface area contributed by atoms with Crippen LogP contribution in [0.1, 0.15) is 0 Å². The Bertz CT molecular complexity index is 274. The van der Waals surface area contributed by atoms with Crippen LogP contribution in [0.2, 0.25) is 0 Å². The molecule has 13 heavy (non-hydrogen) atoms. The second-order valence-corrected chi connectivity index (χ2v) is 3.99. The topological polar surface area (TPSA) is 122 Å². The van der Waals surface area contributed by atoms with Crippen molar-refractivity contribution in [1.29, 1.82) is 0 Å². The van der Waals surface area contributed by atoms with Crippen molar-refractivity contribution in [2.24, 2.45) is 0 Å². The zero-order chi connectivity index (χ0) is 10.3. The molecule has 78 valence electrons. The minimum atomic E-state index is -4.22. The van der Waals surface area contributed by atoms with Crippen LogP contribution >= 0.6 is 0 Å². The molecular formula is C3H8N2O6S2. The molecule has 10 heteroatoms. The molecule has 0 radical (unpaired) electrons. The molecule has 0 aliphatic heterocycles. The summed E-state index contributed by atoms with van der Waals surface area (Å²) >= 11 is -2.70. The monoisotopic (exact) mass is 232 g/mol. The van der Waals surface area contributed by atoms with E-state index in [1.54, 1.807) is 0 Å². The summed E-state index contributed by atoms with van der Waals surface area (Å²) in [5, 5.41) is 2.14. The maximum Gasteiger partial charge on any atom is 0.349 e. The molecule has 0 bridgehead atoms. The Morgan fingerprint density at radius 2 is 2.15 bits per heavy atom. The van der Waals surface area contributed by atoms with E-state index in [9.17, 15) is 17.4 Å². The van der Waals surface area contributed by atoms with E-state index in [1.807, 2.05) is 0 Å². The van der Waals surface area contributed by atoms with Crippen LogP contribution in [0.5, 0.6) is 0 Å². The average Bonchev–Trinajstić information content (AvgIpc) is 1.95. The summed E-state index contributed by atoms with van der Waals surface area (Å²) in [5.74, 6) is 0. The van der Waals surface area contributed by atoms with Crippen LogP contribution in [-0.4, -0.2) is 36.7 Å². The van der Waals surface area contributed by atoms with Crippen LogP contribution in [0.25, 0.3) is 0 Å². The standard InChI is InChI=1S/C3H8N2O6S2/c6-3-4-1-2-11-13(9,10)5-12(7)8/h3,5H,1-2H2,(H,4,6)(H,7,8). The molecule has 0 heterocycles. The molecule has 0 fully saturated rings. The van der Waals surface area contributed by atoms with Crippen molar-refractivity contribution >= 4 is 28.0 Å². The maximum atomic E-state index is 10.6. The largest absolute Gasteiger partial charge is 0.356 e. The fraction of sp³-hybridized carbons (Fsp3) is 0.667. The number of amides is 1. The molecule has 0 saturated carbocycles. The fourth-order valence-corrected chi connectivity index (χ4v) is 1.57. The van der Waals surface area contributed by atoms with Crippen molar-refractivity contribution in [3.63, 3.8) is 0 Å². The van der Waals surface area contributed by atoms with Crippen molar-refractivity contribution in [3.8, 4) is 0 Å².